The monoisotopic (exact) mass is 323 g/mol. The molecule has 1 aromatic heterocycles. The van der Waals surface area contributed by atoms with Crippen LogP contribution in [0.25, 0.3) is 11.5 Å². The molecule has 3 aromatic rings. The summed E-state index contributed by atoms with van der Waals surface area (Å²) in [4.78, 5) is 11.4. The molecule has 24 heavy (non-hydrogen) atoms. The fraction of sp³-hybridized carbons (Fsp3) is 0.167. The number of esters is 1. The van der Waals surface area contributed by atoms with Gasteiger partial charge in [0.15, 0.2) is 0 Å². The maximum absolute atomic E-state index is 11.4. The topological polar surface area (TPSA) is 77.2 Å². The quantitative estimate of drug-likeness (QED) is 0.725. The van der Waals surface area contributed by atoms with Crippen molar-refractivity contribution >= 4 is 11.7 Å². The number of aryl methyl sites for hydroxylation is 1. The van der Waals surface area contributed by atoms with Crippen LogP contribution in [0.4, 0.5) is 5.69 Å². The number of methoxy groups -OCH3 is 1. The summed E-state index contributed by atoms with van der Waals surface area (Å²) in [7, 11) is 1.36. The van der Waals surface area contributed by atoms with Gasteiger partial charge in [0, 0.05) is 11.3 Å². The highest BCUT2D eigenvalue weighted by atomic mass is 16.5. The van der Waals surface area contributed by atoms with Gasteiger partial charge < -0.3 is 14.5 Å². The van der Waals surface area contributed by atoms with Crippen LogP contribution in [0.1, 0.15) is 21.8 Å². The second-order valence-corrected chi connectivity index (χ2v) is 5.29. The van der Waals surface area contributed by atoms with E-state index in [1.807, 2.05) is 31.2 Å². The Morgan fingerprint density at radius 3 is 2.67 bits per heavy atom. The normalized spacial score (nSPS) is 10.4. The molecule has 0 aliphatic heterocycles. The van der Waals surface area contributed by atoms with E-state index < -0.39 is 0 Å². The third kappa shape index (κ3) is 3.60. The van der Waals surface area contributed by atoms with Gasteiger partial charge in [0.2, 0.25) is 11.8 Å². The van der Waals surface area contributed by atoms with Gasteiger partial charge in [-0.15, -0.1) is 10.2 Å². The van der Waals surface area contributed by atoms with E-state index in [0.29, 0.717) is 23.9 Å². The number of benzene rings is 2. The van der Waals surface area contributed by atoms with Crippen molar-refractivity contribution in [2.45, 2.75) is 13.5 Å². The number of nitrogens with zero attached hydrogens (tertiary/aromatic N) is 2. The summed E-state index contributed by atoms with van der Waals surface area (Å²) in [5.41, 5.74) is 3.38. The summed E-state index contributed by atoms with van der Waals surface area (Å²) in [6.45, 7) is 2.41. The first-order valence-electron chi connectivity index (χ1n) is 7.47. The zero-order valence-electron chi connectivity index (χ0n) is 13.4. The second kappa shape index (κ2) is 6.95. The van der Waals surface area contributed by atoms with E-state index in [4.69, 9.17) is 4.42 Å². The largest absolute Gasteiger partial charge is 0.465 e. The van der Waals surface area contributed by atoms with Crippen LogP contribution >= 0.6 is 0 Å². The molecule has 0 saturated carbocycles. The highest BCUT2D eigenvalue weighted by Crippen LogP contribution is 2.19. The average molecular weight is 323 g/mol. The zero-order chi connectivity index (χ0) is 16.9. The Balaban J connectivity index is 1.64. The zero-order valence-corrected chi connectivity index (χ0v) is 13.4. The van der Waals surface area contributed by atoms with Crippen molar-refractivity contribution in [2.75, 3.05) is 12.4 Å². The lowest BCUT2D eigenvalue weighted by Crippen LogP contribution is -2.02. The van der Waals surface area contributed by atoms with Gasteiger partial charge in [0.1, 0.15) is 0 Å². The molecule has 0 fully saturated rings. The van der Waals surface area contributed by atoms with Gasteiger partial charge in [-0.1, -0.05) is 17.7 Å². The number of carbonyl (C=O) groups is 1. The molecule has 3 rings (SSSR count). The van der Waals surface area contributed by atoms with Crippen LogP contribution in [-0.2, 0) is 11.3 Å². The lowest BCUT2D eigenvalue weighted by atomic mass is 10.1. The van der Waals surface area contributed by atoms with Gasteiger partial charge in [-0.25, -0.2) is 4.79 Å². The van der Waals surface area contributed by atoms with Crippen LogP contribution < -0.4 is 5.32 Å². The Kier molecular flexibility index (Phi) is 4.56. The molecule has 0 unspecified atom stereocenters. The Bertz CT molecular complexity index is 841. The third-order valence-corrected chi connectivity index (χ3v) is 3.48. The molecule has 0 spiro atoms. The molecule has 0 bridgehead atoms. The van der Waals surface area contributed by atoms with Gasteiger partial charge in [-0.05, 0) is 43.3 Å². The number of rotatable bonds is 5. The van der Waals surface area contributed by atoms with E-state index in [2.05, 4.69) is 20.3 Å². The molecular weight excluding hydrogens is 306 g/mol. The predicted molar refractivity (Wildman–Crippen MR) is 89.6 cm³/mol. The molecule has 0 aliphatic carbocycles. The van der Waals surface area contributed by atoms with Crippen molar-refractivity contribution in [3.8, 4) is 11.5 Å². The van der Waals surface area contributed by atoms with Gasteiger partial charge in [0.05, 0.1) is 19.2 Å². The van der Waals surface area contributed by atoms with Crippen LogP contribution in [0.5, 0.6) is 0 Å². The van der Waals surface area contributed by atoms with Crippen molar-refractivity contribution in [1.82, 2.24) is 10.2 Å². The average Bonchev–Trinajstić information content (AvgIpc) is 3.09. The number of hydrogen-bond donors (Lipinski definition) is 1. The standard InChI is InChI=1S/C18H17N3O3/c1-12-4-3-5-14(10-12)17-21-20-16(24-17)11-19-15-8-6-13(7-9-15)18(22)23-2/h3-10,19H,11H2,1-2H3. The minimum absolute atomic E-state index is 0.360. The van der Waals surface area contributed by atoms with Crippen molar-refractivity contribution < 1.29 is 13.9 Å². The first-order valence-corrected chi connectivity index (χ1v) is 7.47. The summed E-state index contributed by atoms with van der Waals surface area (Å²) >= 11 is 0. The Labute approximate surface area is 139 Å². The van der Waals surface area contributed by atoms with Crippen LogP contribution in [0, 0.1) is 6.92 Å². The Morgan fingerprint density at radius 1 is 1.17 bits per heavy atom. The lowest BCUT2D eigenvalue weighted by molar-refractivity contribution is 0.0601. The van der Waals surface area contributed by atoms with Crippen molar-refractivity contribution in [3.63, 3.8) is 0 Å². The van der Waals surface area contributed by atoms with Gasteiger partial charge >= 0.3 is 5.97 Å². The molecule has 0 atom stereocenters. The molecule has 1 heterocycles. The molecule has 0 amide bonds. The minimum Gasteiger partial charge on any atom is -0.465 e. The fourth-order valence-corrected chi connectivity index (χ4v) is 2.24. The minimum atomic E-state index is -0.360. The number of anilines is 1. The summed E-state index contributed by atoms with van der Waals surface area (Å²) < 4.78 is 10.3. The van der Waals surface area contributed by atoms with Gasteiger partial charge in [0.25, 0.3) is 0 Å². The van der Waals surface area contributed by atoms with Crippen LogP contribution in [0.15, 0.2) is 52.9 Å². The molecular formula is C18H17N3O3. The van der Waals surface area contributed by atoms with Crippen LogP contribution in [0.3, 0.4) is 0 Å². The molecule has 0 aliphatic rings. The number of nitrogens with one attached hydrogen (secondary N) is 1. The molecule has 0 saturated heterocycles. The number of carbonyl (C=O) groups excluding carboxylic acids is 1. The predicted octanol–water partition coefficient (Wildman–Crippen LogP) is 3.44. The van der Waals surface area contributed by atoms with Gasteiger partial charge in [-0.2, -0.15) is 0 Å². The Morgan fingerprint density at radius 2 is 1.96 bits per heavy atom. The second-order valence-electron chi connectivity index (χ2n) is 5.29. The van der Waals surface area contributed by atoms with E-state index in [9.17, 15) is 4.79 Å². The first kappa shape index (κ1) is 15.7. The van der Waals surface area contributed by atoms with Gasteiger partial charge in [-0.3, -0.25) is 0 Å². The van der Waals surface area contributed by atoms with E-state index in [-0.39, 0.29) is 5.97 Å². The summed E-state index contributed by atoms with van der Waals surface area (Å²) in [5.74, 6) is 0.626. The lowest BCUT2D eigenvalue weighted by Gasteiger charge is -2.04. The number of ether oxygens (including phenoxy) is 1. The summed E-state index contributed by atoms with van der Waals surface area (Å²) in [6.07, 6.45) is 0. The van der Waals surface area contributed by atoms with Crippen molar-refractivity contribution in [1.29, 1.82) is 0 Å². The summed E-state index contributed by atoms with van der Waals surface area (Å²) in [6, 6.07) is 14.9. The molecule has 6 nitrogen and oxygen atoms in total. The SMILES string of the molecule is COC(=O)c1ccc(NCc2nnc(-c3cccc(C)c3)o2)cc1. The highest BCUT2D eigenvalue weighted by Gasteiger charge is 2.09. The highest BCUT2D eigenvalue weighted by molar-refractivity contribution is 5.89. The Hall–Kier alpha value is -3.15. The molecule has 2 aromatic carbocycles. The first-order chi connectivity index (χ1) is 11.7. The van der Waals surface area contributed by atoms with Crippen LogP contribution in [0.2, 0.25) is 0 Å². The molecule has 122 valence electrons. The molecule has 0 radical (unpaired) electrons. The van der Waals surface area contributed by atoms with E-state index >= 15 is 0 Å². The summed E-state index contributed by atoms with van der Waals surface area (Å²) in [5, 5.41) is 11.3. The van der Waals surface area contributed by atoms with E-state index in [0.717, 1.165) is 16.8 Å². The van der Waals surface area contributed by atoms with Crippen molar-refractivity contribution in [2.24, 2.45) is 0 Å². The van der Waals surface area contributed by atoms with Crippen molar-refractivity contribution in [3.05, 3.63) is 65.5 Å². The van der Waals surface area contributed by atoms with Crippen LogP contribution in [-0.4, -0.2) is 23.3 Å². The number of hydrogen-bond acceptors (Lipinski definition) is 6. The van der Waals surface area contributed by atoms with E-state index in [1.54, 1.807) is 24.3 Å². The molecule has 1 N–H and O–H groups in total. The smallest absolute Gasteiger partial charge is 0.337 e. The maximum Gasteiger partial charge on any atom is 0.337 e. The van der Waals surface area contributed by atoms with E-state index in [1.165, 1.54) is 7.11 Å². The third-order valence-electron chi connectivity index (χ3n) is 3.48. The number of aromatic nitrogens is 2. The molecule has 6 heteroatoms. The fourth-order valence-electron chi connectivity index (χ4n) is 2.24. The maximum atomic E-state index is 11.4.